The van der Waals surface area contributed by atoms with Crippen molar-refractivity contribution >= 4 is 21.9 Å². The minimum absolute atomic E-state index is 0.657. The van der Waals surface area contributed by atoms with E-state index in [2.05, 4.69) is 188 Å². The first-order chi connectivity index (χ1) is 30.2. The quantitative estimate of drug-likeness (QED) is 0.154. The number of benzene rings is 8. The van der Waals surface area contributed by atoms with Crippen LogP contribution in [0.5, 0.6) is 0 Å². The van der Waals surface area contributed by atoms with Crippen molar-refractivity contribution in [2.45, 2.75) is 0 Å². The number of rotatable bonds is 8. The summed E-state index contributed by atoms with van der Waals surface area (Å²) in [6.45, 7) is 0. The highest BCUT2D eigenvalue weighted by Gasteiger charge is 2.24. The molecule has 0 unspecified atom stereocenters. The smallest absolute Gasteiger partial charge is 0.160 e. The molecule has 0 radical (unpaired) electrons. The molecule has 11 rings (SSSR count). The third kappa shape index (κ3) is 6.86. The Labute approximate surface area is 354 Å². The Kier molecular flexibility index (Phi) is 9.14. The van der Waals surface area contributed by atoms with Gasteiger partial charge in [-0.15, -0.1) is 0 Å². The number of hydrogen-bond acceptors (Lipinski definition) is 4. The third-order valence-electron chi connectivity index (χ3n) is 11.3. The van der Waals surface area contributed by atoms with Crippen molar-refractivity contribution in [3.63, 3.8) is 0 Å². The maximum absolute atomic E-state index is 6.97. The molecule has 61 heavy (non-hydrogen) atoms. The van der Waals surface area contributed by atoms with Gasteiger partial charge >= 0.3 is 0 Å². The van der Waals surface area contributed by atoms with Crippen molar-refractivity contribution < 1.29 is 4.42 Å². The highest BCUT2D eigenvalue weighted by Crippen LogP contribution is 2.47. The second kappa shape index (κ2) is 15.5. The van der Waals surface area contributed by atoms with Crippen LogP contribution >= 0.6 is 0 Å². The number of pyridine rings is 1. The maximum Gasteiger partial charge on any atom is 0.160 e. The first-order valence-corrected chi connectivity index (χ1v) is 20.5. The SMILES string of the molecule is c1ccc(-c2ccc(-c3cc(-c4cccc(-c5nc6ccccc6c6oc(-c7ccccc7)c(-c7ccccc7)c56)c4)nc(-c4ccc(-c5ccccc5)cc4)n3)cc2)cc1. The molecule has 4 nitrogen and oxygen atoms in total. The van der Waals surface area contributed by atoms with Crippen LogP contribution in [0.3, 0.4) is 0 Å². The van der Waals surface area contributed by atoms with E-state index in [9.17, 15) is 0 Å². The lowest BCUT2D eigenvalue weighted by Gasteiger charge is -2.12. The average molecular weight is 780 g/mol. The Balaban J connectivity index is 1.09. The van der Waals surface area contributed by atoms with Crippen LogP contribution in [-0.4, -0.2) is 15.0 Å². The predicted molar refractivity (Wildman–Crippen MR) is 251 cm³/mol. The second-order valence-electron chi connectivity index (χ2n) is 15.1. The average Bonchev–Trinajstić information content (AvgIpc) is 3.76. The van der Waals surface area contributed by atoms with Crippen molar-refractivity contribution in [3.8, 4) is 89.9 Å². The predicted octanol–water partition coefficient (Wildman–Crippen LogP) is 15.1. The zero-order valence-corrected chi connectivity index (χ0v) is 33.1. The number of furan rings is 1. The minimum Gasteiger partial charge on any atom is -0.455 e. The van der Waals surface area contributed by atoms with E-state index >= 15 is 0 Å². The van der Waals surface area contributed by atoms with Gasteiger partial charge in [0, 0.05) is 38.8 Å². The first-order valence-electron chi connectivity index (χ1n) is 20.5. The summed E-state index contributed by atoms with van der Waals surface area (Å²) in [7, 11) is 0. The van der Waals surface area contributed by atoms with Crippen molar-refractivity contribution in [2.24, 2.45) is 0 Å². The molecule has 0 saturated heterocycles. The Morgan fingerprint density at radius 2 is 0.770 bits per heavy atom. The fourth-order valence-electron chi connectivity index (χ4n) is 8.27. The van der Waals surface area contributed by atoms with Gasteiger partial charge in [-0.2, -0.15) is 0 Å². The topological polar surface area (TPSA) is 51.8 Å². The molecule has 0 fully saturated rings. The molecule has 0 aliphatic rings. The van der Waals surface area contributed by atoms with Gasteiger partial charge < -0.3 is 4.42 Å². The number of fused-ring (bicyclic) bond motifs is 3. The van der Waals surface area contributed by atoms with Gasteiger partial charge in [0.15, 0.2) is 5.82 Å². The summed E-state index contributed by atoms with van der Waals surface area (Å²) in [4.78, 5) is 15.9. The molecular formula is C57H37N3O. The van der Waals surface area contributed by atoms with Crippen LogP contribution in [-0.2, 0) is 0 Å². The van der Waals surface area contributed by atoms with Gasteiger partial charge in [-0.05, 0) is 52.1 Å². The fourth-order valence-corrected chi connectivity index (χ4v) is 8.27. The van der Waals surface area contributed by atoms with Gasteiger partial charge in [0.1, 0.15) is 11.3 Å². The molecule has 0 N–H and O–H groups in total. The van der Waals surface area contributed by atoms with Gasteiger partial charge in [0.25, 0.3) is 0 Å². The molecule has 0 aliphatic carbocycles. The summed E-state index contributed by atoms with van der Waals surface area (Å²) in [5.74, 6) is 1.48. The summed E-state index contributed by atoms with van der Waals surface area (Å²) < 4.78 is 6.97. The largest absolute Gasteiger partial charge is 0.455 e. The standard InChI is InChI=1S/C57H37N3O/c1-5-16-38(17-6-1)40-28-32-42(33-29-40)50-37-51(60-57(59-50)45-34-30-41(31-35-45)39-18-7-2-8-19-39)46-24-15-25-47(36-46)54-53-52(43-20-9-3-10-21-43)55(44-22-11-4-12-23-44)61-56(53)48-26-13-14-27-49(48)58-54/h1-37H. The van der Waals surface area contributed by atoms with Crippen LogP contribution in [0.25, 0.3) is 112 Å². The number of nitrogens with zero attached hydrogens (tertiary/aromatic N) is 3. The summed E-state index contributed by atoms with van der Waals surface area (Å²) in [5, 5.41) is 1.94. The molecule has 4 heteroatoms. The van der Waals surface area contributed by atoms with E-state index in [4.69, 9.17) is 19.4 Å². The third-order valence-corrected chi connectivity index (χ3v) is 11.3. The summed E-state index contributed by atoms with van der Waals surface area (Å²) >= 11 is 0. The molecule has 8 aromatic carbocycles. The highest BCUT2D eigenvalue weighted by molar-refractivity contribution is 6.16. The van der Waals surface area contributed by atoms with Gasteiger partial charge in [-0.3, -0.25) is 0 Å². The van der Waals surface area contributed by atoms with E-state index < -0.39 is 0 Å². The van der Waals surface area contributed by atoms with E-state index in [1.54, 1.807) is 0 Å². The van der Waals surface area contributed by atoms with Crippen LogP contribution < -0.4 is 0 Å². The van der Waals surface area contributed by atoms with E-state index in [1.165, 1.54) is 11.1 Å². The minimum atomic E-state index is 0.657. The zero-order valence-electron chi connectivity index (χ0n) is 33.1. The summed E-state index contributed by atoms with van der Waals surface area (Å²) in [6, 6.07) is 77.8. The summed E-state index contributed by atoms with van der Waals surface area (Å²) in [6.07, 6.45) is 0. The van der Waals surface area contributed by atoms with Crippen molar-refractivity contribution in [1.29, 1.82) is 0 Å². The molecule has 0 spiro atoms. The second-order valence-corrected chi connectivity index (χ2v) is 15.1. The molecule has 0 atom stereocenters. The number of aromatic nitrogens is 3. The molecule has 3 heterocycles. The molecule has 0 saturated carbocycles. The maximum atomic E-state index is 6.97. The lowest BCUT2D eigenvalue weighted by atomic mass is 9.94. The van der Waals surface area contributed by atoms with Crippen LogP contribution in [0.15, 0.2) is 229 Å². The first kappa shape index (κ1) is 35.9. The van der Waals surface area contributed by atoms with Gasteiger partial charge in [0.2, 0.25) is 0 Å². The molecule has 0 bridgehead atoms. The van der Waals surface area contributed by atoms with Crippen molar-refractivity contribution in [1.82, 2.24) is 15.0 Å². The van der Waals surface area contributed by atoms with E-state index in [0.717, 1.165) is 94.8 Å². The lowest BCUT2D eigenvalue weighted by Crippen LogP contribution is -1.96. The Hall–Kier alpha value is -8.21. The Bertz CT molecular complexity index is 3210. The van der Waals surface area contributed by atoms with Gasteiger partial charge in [-0.1, -0.05) is 200 Å². The molecule has 3 aromatic heterocycles. The zero-order chi connectivity index (χ0) is 40.5. The number of para-hydroxylation sites is 1. The molecular weight excluding hydrogens is 743 g/mol. The molecule has 0 aliphatic heterocycles. The van der Waals surface area contributed by atoms with Crippen LogP contribution in [0.2, 0.25) is 0 Å². The Morgan fingerprint density at radius 3 is 1.39 bits per heavy atom. The molecule has 11 aromatic rings. The van der Waals surface area contributed by atoms with E-state index in [0.29, 0.717) is 5.82 Å². The van der Waals surface area contributed by atoms with Crippen molar-refractivity contribution in [3.05, 3.63) is 224 Å². The van der Waals surface area contributed by atoms with Crippen LogP contribution in [0.4, 0.5) is 0 Å². The van der Waals surface area contributed by atoms with Crippen molar-refractivity contribution in [2.75, 3.05) is 0 Å². The monoisotopic (exact) mass is 779 g/mol. The van der Waals surface area contributed by atoms with Gasteiger partial charge in [0.05, 0.1) is 28.0 Å². The van der Waals surface area contributed by atoms with Crippen LogP contribution in [0, 0.1) is 0 Å². The fraction of sp³-hybridized carbons (Fsp3) is 0. The lowest BCUT2D eigenvalue weighted by molar-refractivity contribution is 0.636. The number of hydrogen-bond donors (Lipinski definition) is 0. The molecule has 286 valence electrons. The molecule has 0 amide bonds. The Morgan fingerprint density at radius 1 is 0.311 bits per heavy atom. The normalized spacial score (nSPS) is 11.3. The van der Waals surface area contributed by atoms with Gasteiger partial charge in [-0.25, -0.2) is 15.0 Å². The van der Waals surface area contributed by atoms with Crippen LogP contribution in [0.1, 0.15) is 0 Å². The summed E-state index contributed by atoms with van der Waals surface area (Å²) in [5.41, 5.74) is 15.8. The highest BCUT2D eigenvalue weighted by atomic mass is 16.3. The van der Waals surface area contributed by atoms with E-state index in [1.807, 2.05) is 36.4 Å². The van der Waals surface area contributed by atoms with E-state index in [-0.39, 0.29) is 0 Å².